The number of hydrogen-bond acceptors (Lipinski definition) is 6. The normalized spacial score (nSPS) is 17.6. The van der Waals surface area contributed by atoms with E-state index in [0.29, 0.717) is 11.4 Å². The van der Waals surface area contributed by atoms with Gasteiger partial charge in [0.15, 0.2) is 5.69 Å². The molecule has 1 aliphatic heterocycles. The summed E-state index contributed by atoms with van der Waals surface area (Å²) in [7, 11) is 1.98. The van der Waals surface area contributed by atoms with Gasteiger partial charge in [-0.15, -0.1) is 0 Å². The third kappa shape index (κ3) is 4.78. The van der Waals surface area contributed by atoms with Crippen LogP contribution in [0.2, 0.25) is 0 Å². The molecule has 1 amide bonds. The predicted molar refractivity (Wildman–Crippen MR) is 145 cm³/mol. The highest BCUT2D eigenvalue weighted by Crippen LogP contribution is 2.33. The van der Waals surface area contributed by atoms with Crippen LogP contribution >= 0.6 is 0 Å². The Balaban J connectivity index is 1.28. The number of aromatic nitrogens is 3. The summed E-state index contributed by atoms with van der Waals surface area (Å²) in [5.41, 5.74) is 10.6. The highest BCUT2D eigenvalue weighted by Gasteiger charge is 2.23. The molecule has 0 radical (unpaired) electrons. The summed E-state index contributed by atoms with van der Waals surface area (Å²) in [6, 6.07) is 16.2. The standard InChI is InChI=1S/C29H31N7O/c1-34(2)29(37)21-6-4-19(5-7-21)20-11-14-36(15-12-20)18-22-16-25-23(10-13-32-28(25)35(22)3)24-8-9-27(31)33-26(24)17-30/h4-10,13,16,20H,11-12,14-15,18H2,1-3H3,(H2,31,33)/i1D3,2D3. The Kier molecular flexibility index (Phi) is 4.91. The Morgan fingerprint density at radius 1 is 1.16 bits per heavy atom. The minimum Gasteiger partial charge on any atom is -0.384 e. The first kappa shape index (κ1) is 18.1. The van der Waals surface area contributed by atoms with Crippen molar-refractivity contribution in [2.75, 3.05) is 32.8 Å². The zero-order valence-electron chi connectivity index (χ0n) is 26.5. The van der Waals surface area contributed by atoms with Crippen molar-refractivity contribution < 1.29 is 13.0 Å². The Morgan fingerprint density at radius 3 is 2.62 bits per heavy atom. The highest BCUT2D eigenvalue weighted by molar-refractivity contribution is 5.95. The number of nitrogen functional groups attached to an aromatic ring is 1. The predicted octanol–water partition coefficient (Wildman–Crippen LogP) is 4.17. The van der Waals surface area contributed by atoms with Gasteiger partial charge >= 0.3 is 0 Å². The quantitative estimate of drug-likeness (QED) is 0.442. The molecule has 0 atom stereocenters. The number of carbonyl (C=O) groups is 1. The van der Waals surface area contributed by atoms with Gasteiger partial charge in [0.25, 0.3) is 5.91 Å². The van der Waals surface area contributed by atoms with Crippen LogP contribution < -0.4 is 5.73 Å². The van der Waals surface area contributed by atoms with Crippen LogP contribution in [-0.2, 0) is 13.6 Å². The van der Waals surface area contributed by atoms with Crippen molar-refractivity contribution in [3.05, 3.63) is 77.2 Å². The van der Waals surface area contributed by atoms with E-state index in [2.05, 4.69) is 31.6 Å². The molecule has 1 aliphatic rings. The lowest BCUT2D eigenvalue weighted by Crippen LogP contribution is -2.33. The van der Waals surface area contributed by atoms with Gasteiger partial charge in [0, 0.05) is 64.2 Å². The van der Waals surface area contributed by atoms with E-state index in [4.69, 9.17) is 14.0 Å². The highest BCUT2D eigenvalue weighted by atomic mass is 16.2. The first-order chi connectivity index (χ1) is 20.3. The maximum absolute atomic E-state index is 12.8. The van der Waals surface area contributed by atoms with Crippen molar-refractivity contribution in [2.24, 2.45) is 7.05 Å². The van der Waals surface area contributed by atoms with E-state index in [-0.39, 0.29) is 22.1 Å². The molecule has 5 rings (SSSR count). The molecule has 0 bridgehead atoms. The summed E-state index contributed by atoms with van der Waals surface area (Å²) < 4.78 is 47.0. The number of benzene rings is 1. The van der Waals surface area contributed by atoms with Gasteiger partial charge in [-0.2, -0.15) is 5.26 Å². The zero-order chi connectivity index (χ0) is 31.1. The number of piperidine rings is 1. The van der Waals surface area contributed by atoms with Crippen molar-refractivity contribution >= 4 is 22.8 Å². The largest absolute Gasteiger partial charge is 0.384 e. The molecule has 1 fully saturated rings. The third-order valence-corrected chi connectivity index (χ3v) is 7.15. The second kappa shape index (κ2) is 10.0. The van der Waals surface area contributed by atoms with Gasteiger partial charge in [0.2, 0.25) is 0 Å². The number of fused-ring (bicyclic) bond motifs is 1. The molecular formula is C29H31N7O. The van der Waals surface area contributed by atoms with Gasteiger partial charge in [0.1, 0.15) is 17.5 Å². The second-order valence-corrected chi connectivity index (χ2v) is 9.35. The van der Waals surface area contributed by atoms with Crippen molar-refractivity contribution in [3.8, 4) is 17.2 Å². The number of amides is 1. The number of nitrogens with two attached hydrogens (primary N) is 1. The number of nitriles is 1. The van der Waals surface area contributed by atoms with E-state index in [1.165, 1.54) is 12.1 Å². The monoisotopic (exact) mass is 499 g/mol. The lowest BCUT2D eigenvalue weighted by molar-refractivity contribution is 0.0827. The SMILES string of the molecule is [2H]C([2H])([2H])N(C(=O)c1ccc(C2CCN(Cc3cc4c(-c5ccc(N)nc5C#N)ccnc4n3C)CC2)cc1)C([2H])([2H])[2H]. The Bertz CT molecular complexity index is 1680. The summed E-state index contributed by atoms with van der Waals surface area (Å²) >= 11 is 0. The molecule has 0 unspecified atom stereocenters. The second-order valence-electron chi connectivity index (χ2n) is 9.35. The van der Waals surface area contributed by atoms with Gasteiger partial charge in [-0.3, -0.25) is 9.69 Å². The Morgan fingerprint density at radius 2 is 1.92 bits per heavy atom. The van der Waals surface area contributed by atoms with Crippen LogP contribution in [0.1, 0.15) is 54.3 Å². The summed E-state index contributed by atoms with van der Waals surface area (Å²) in [4.78, 5) is 23.9. The number of rotatable bonds is 5. The van der Waals surface area contributed by atoms with Gasteiger partial charge < -0.3 is 15.2 Å². The molecule has 0 spiro atoms. The molecule has 188 valence electrons. The molecule has 4 aromatic rings. The molecule has 4 heterocycles. The van der Waals surface area contributed by atoms with E-state index in [1.807, 2.05) is 19.2 Å². The smallest absolute Gasteiger partial charge is 0.253 e. The average molecular weight is 500 g/mol. The van der Waals surface area contributed by atoms with Crippen LogP contribution in [0.3, 0.4) is 0 Å². The molecule has 1 aromatic carbocycles. The first-order valence-corrected chi connectivity index (χ1v) is 12.0. The van der Waals surface area contributed by atoms with Gasteiger partial charge in [0.05, 0.1) is 0 Å². The van der Waals surface area contributed by atoms with Gasteiger partial charge in [-0.1, -0.05) is 12.1 Å². The number of nitrogens with zero attached hydrogens (tertiary/aromatic N) is 6. The summed E-state index contributed by atoms with van der Waals surface area (Å²) in [5.74, 6) is -0.504. The number of hydrogen-bond donors (Lipinski definition) is 1. The van der Waals surface area contributed by atoms with E-state index < -0.39 is 19.9 Å². The molecule has 0 aliphatic carbocycles. The fourth-order valence-corrected chi connectivity index (χ4v) is 5.12. The average Bonchev–Trinajstić information content (AvgIpc) is 3.27. The molecule has 8 heteroatoms. The first-order valence-electron chi connectivity index (χ1n) is 15.0. The van der Waals surface area contributed by atoms with Crippen molar-refractivity contribution in [2.45, 2.75) is 25.3 Å². The Labute approximate surface area is 225 Å². The lowest BCUT2D eigenvalue weighted by atomic mass is 9.89. The molecule has 37 heavy (non-hydrogen) atoms. The summed E-state index contributed by atoms with van der Waals surface area (Å²) in [5, 5.41) is 10.6. The van der Waals surface area contributed by atoms with E-state index >= 15 is 0 Å². The van der Waals surface area contributed by atoms with Crippen LogP contribution in [0.4, 0.5) is 5.82 Å². The van der Waals surface area contributed by atoms with Crippen molar-refractivity contribution in [3.63, 3.8) is 0 Å². The molecule has 0 saturated carbocycles. The zero-order valence-corrected chi connectivity index (χ0v) is 20.5. The summed E-state index contributed by atoms with van der Waals surface area (Å²) in [6.45, 7) is -3.75. The maximum atomic E-state index is 12.8. The van der Waals surface area contributed by atoms with E-state index in [9.17, 15) is 10.1 Å². The van der Waals surface area contributed by atoms with Crippen LogP contribution in [-0.4, -0.2) is 57.3 Å². The number of carbonyl (C=O) groups excluding carboxylic acids is 1. The fraction of sp³-hybridized carbons (Fsp3) is 0.310. The van der Waals surface area contributed by atoms with Crippen molar-refractivity contribution in [1.82, 2.24) is 24.3 Å². The molecule has 8 nitrogen and oxygen atoms in total. The molecule has 1 saturated heterocycles. The van der Waals surface area contributed by atoms with Crippen LogP contribution in [0.15, 0.2) is 54.7 Å². The van der Waals surface area contributed by atoms with E-state index in [1.54, 1.807) is 24.4 Å². The minimum atomic E-state index is -3.08. The number of anilines is 1. The molecule has 2 N–H and O–H groups in total. The van der Waals surface area contributed by atoms with Crippen LogP contribution in [0.5, 0.6) is 0 Å². The lowest BCUT2D eigenvalue weighted by Gasteiger charge is -2.32. The summed E-state index contributed by atoms with van der Waals surface area (Å²) in [6.07, 6.45) is 3.51. The van der Waals surface area contributed by atoms with Crippen LogP contribution in [0.25, 0.3) is 22.2 Å². The molecular weight excluding hydrogens is 462 g/mol. The third-order valence-electron chi connectivity index (χ3n) is 7.15. The van der Waals surface area contributed by atoms with Crippen LogP contribution in [0, 0.1) is 11.3 Å². The Hall–Kier alpha value is -4.22. The number of likely N-dealkylation sites (tertiary alicyclic amines) is 1. The maximum Gasteiger partial charge on any atom is 0.253 e. The number of aryl methyl sites for hydroxylation is 1. The van der Waals surface area contributed by atoms with E-state index in [0.717, 1.165) is 60.3 Å². The minimum absolute atomic E-state index is 0.0198. The topological polar surface area (TPSA) is 104 Å². The molecule has 3 aromatic heterocycles. The fourth-order valence-electron chi connectivity index (χ4n) is 5.12. The van der Waals surface area contributed by atoms with Gasteiger partial charge in [-0.05, 0) is 79.4 Å². The number of pyridine rings is 2. The van der Waals surface area contributed by atoms with Gasteiger partial charge in [-0.25, -0.2) is 9.97 Å². The van der Waals surface area contributed by atoms with Crippen molar-refractivity contribution in [1.29, 1.82) is 5.26 Å².